The molecule has 30 heavy (non-hydrogen) atoms. The molecule has 5 nitrogen and oxygen atoms in total. The number of unbranched alkanes of at least 4 members (excludes halogenated alkanes) is 1. The molecular weight excluding hydrogens is 383 g/mol. The maximum Gasteiger partial charge on any atom is 0.197 e. The highest BCUT2D eigenvalue weighted by atomic mass is 19.1. The van der Waals surface area contributed by atoms with Crippen LogP contribution in [0.15, 0.2) is 36.4 Å². The van der Waals surface area contributed by atoms with Crippen molar-refractivity contribution in [2.24, 2.45) is 5.92 Å². The minimum Gasteiger partial charge on any atom is -0.494 e. The average Bonchev–Trinajstić information content (AvgIpc) is 3.02. The number of nitrogens with zero attached hydrogens (tertiary/aromatic N) is 2. The van der Waals surface area contributed by atoms with Crippen LogP contribution in [0.25, 0.3) is 0 Å². The summed E-state index contributed by atoms with van der Waals surface area (Å²) in [4.78, 5) is 15.0. The summed E-state index contributed by atoms with van der Waals surface area (Å²) in [5.41, 5.74) is 2.30. The Labute approximate surface area is 176 Å². The lowest BCUT2D eigenvalue weighted by molar-refractivity contribution is 0.0838. The first-order valence-electron chi connectivity index (χ1n) is 10.8. The van der Waals surface area contributed by atoms with E-state index in [9.17, 15) is 19.4 Å². The number of fused-ring (bicyclic) bond motifs is 1. The maximum absolute atomic E-state index is 13.1. The number of carbonyl (C=O) groups is 1. The fraction of sp³-hybridized carbons (Fsp3) is 0.458. The number of ketones is 1. The number of aromatic nitrogens is 1. The molecule has 1 aromatic heterocycles. The van der Waals surface area contributed by atoms with E-state index in [-0.39, 0.29) is 29.3 Å². The molecule has 4 rings (SSSR count). The Morgan fingerprint density at radius 2 is 1.50 bits per heavy atom. The number of hydrogen-bond acceptors (Lipinski definition) is 4. The molecule has 0 amide bonds. The van der Waals surface area contributed by atoms with Gasteiger partial charge in [0.2, 0.25) is 0 Å². The Morgan fingerprint density at radius 3 is 2.10 bits per heavy atom. The number of likely N-dealkylation sites (tertiary alicyclic amines) is 1. The third-order valence-corrected chi connectivity index (χ3v) is 6.42. The van der Waals surface area contributed by atoms with E-state index in [0.29, 0.717) is 24.9 Å². The van der Waals surface area contributed by atoms with E-state index in [1.54, 1.807) is 16.7 Å². The van der Waals surface area contributed by atoms with Crippen LogP contribution in [0.2, 0.25) is 0 Å². The van der Waals surface area contributed by atoms with Gasteiger partial charge in [-0.05, 0) is 82.4 Å². The van der Waals surface area contributed by atoms with Crippen LogP contribution in [0.5, 0.6) is 11.8 Å². The van der Waals surface area contributed by atoms with Crippen molar-refractivity contribution < 1.29 is 19.4 Å². The third kappa shape index (κ3) is 4.29. The zero-order chi connectivity index (χ0) is 21.1. The van der Waals surface area contributed by atoms with E-state index in [2.05, 4.69) is 4.90 Å². The highest BCUT2D eigenvalue weighted by Crippen LogP contribution is 2.37. The van der Waals surface area contributed by atoms with Crippen molar-refractivity contribution >= 4 is 5.78 Å². The summed E-state index contributed by atoms with van der Waals surface area (Å²) in [6.07, 6.45) is 8.89. The molecule has 2 heterocycles. The van der Waals surface area contributed by atoms with E-state index in [1.165, 1.54) is 12.1 Å². The summed E-state index contributed by atoms with van der Waals surface area (Å²) in [5, 5.41) is 20.8. The molecule has 1 saturated heterocycles. The van der Waals surface area contributed by atoms with Gasteiger partial charge in [-0.25, -0.2) is 4.39 Å². The molecule has 0 unspecified atom stereocenters. The van der Waals surface area contributed by atoms with E-state index in [0.717, 1.165) is 56.4 Å². The zero-order valence-corrected chi connectivity index (χ0v) is 17.2. The van der Waals surface area contributed by atoms with Crippen molar-refractivity contribution in [3.05, 3.63) is 58.9 Å². The van der Waals surface area contributed by atoms with E-state index < -0.39 is 0 Å². The molecule has 160 valence electrons. The Kier molecular flexibility index (Phi) is 6.23. The van der Waals surface area contributed by atoms with Gasteiger partial charge in [0.05, 0.1) is 0 Å². The smallest absolute Gasteiger partial charge is 0.197 e. The molecule has 2 aromatic rings. The average molecular weight is 413 g/mol. The molecule has 6 heteroatoms. The van der Waals surface area contributed by atoms with Crippen LogP contribution in [0, 0.1) is 11.7 Å². The number of hydrogen-bond donors (Lipinski definition) is 2. The Balaban J connectivity index is 1.21. The predicted molar refractivity (Wildman–Crippen MR) is 113 cm³/mol. The number of carbonyl (C=O) groups excluding carboxylic acids is 1. The number of allylic oxidation sites excluding steroid dienone is 2. The van der Waals surface area contributed by atoms with Gasteiger partial charge in [0.1, 0.15) is 5.82 Å². The minimum atomic E-state index is -0.320. The molecule has 0 spiro atoms. The summed E-state index contributed by atoms with van der Waals surface area (Å²) < 4.78 is 14.7. The van der Waals surface area contributed by atoms with Gasteiger partial charge in [0, 0.05) is 29.2 Å². The number of benzene rings is 1. The summed E-state index contributed by atoms with van der Waals surface area (Å²) in [6, 6.07) is 5.83. The highest BCUT2D eigenvalue weighted by Gasteiger charge is 2.26. The number of piperidine rings is 1. The summed E-state index contributed by atoms with van der Waals surface area (Å²) in [5.74, 6) is 0.214. The van der Waals surface area contributed by atoms with Crippen LogP contribution < -0.4 is 0 Å². The van der Waals surface area contributed by atoms with E-state index >= 15 is 0 Å². The molecule has 1 fully saturated rings. The van der Waals surface area contributed by atoms with Crippen molar-refractivity contribution in [2.45, 2.75) is 45.1 Å². The lowest BCUT2D eigenvalue weighted by atomic mass is 9.89. The number of halogens is 1. The second-order valence-corrected chi connectivity index (χ2v) is 8.33. The SMILES string of the molecule is O=C(c1ccc(F)cc1)C1CCN(CCCCn2c(O)c3c(c2O)CC=CC3)CC1. The van der Waals surface area contributed by atoms with Crippen molar-refractivity contribution in [1.82, 2.24) is 9.47 Å². The van der Waals surface area contributed by atoms with E-state index in [1.807, 2.05) is 12.2 Å². The largest absolute Gasteiger partial charge is 0.494 e. The van der Waals surface area contributed by atoms with Gasteiger partial charge in [-0.2, -0.15) is 0 Å². The van der Waals surface area contributed by atoms with Gasteiger partial charge in [-0.1, -0.05) is 12.2 Å². The van der Waals surface area contributed by atoms with Crippen LogP contribution in [0.3, 0.4) is 0 Å². The summed E-state index contributed by atoms with van der Waals surface area (Å²) >= 11 is 0. The van der Waals surface area contributed by atoms with E-state index in [4.69, 9.17) is 0 Å². The van der Waals surface area contributed by atoms with Crippen LogP contribution in [0.1, 0.15) is 47.2 Å². The van der Waals surface area contributed by atoms with Gasteiger partial charge in [-0.15, -0.1) is 0 Å². The zero-order valence-electron chi connectivity index (χ0n) is 17.2. The molecule has 2 N–H and O–H groups in total. The van der Waals surface area contributed by atoms with Gasteiger partial charge in [0.25, 0.3) is 0 Å². The number of aromatic hydroxyl groups is 2. The first-order valence-corrected chi connectivity index (χ1v) is 10.8. The monoisotopic (exact) mass is 412 g/mol. The van der Waals surface area contributed by atoms with Crippen molar-refractivity contribution in [3.63, 3.8) is 0 Å². The topological polar surface area (TPSA) is 65.7 Å². The minimum absolute atomic E-state index is 0.0143. The molecule has 0 atom stereocenters. The Morgan fingerprint density at radius 1 is 0.933 bits per heavy atom. The lowest BCUT2D eigenvalue weighted by Gasteiger charge is -2.31. The van der Waals surface area contributed by atoms with Crippen LogP contribution in [0.4, 0.5) is 4.39 Å². The highest BCUT2D eigenvalue weighted by molar-refractivity contribution is 5.97. The molecule has 1 aromatic carbocycles. The second-order valence-electron chi connectivity index (χ2n) is 8.33. The normalized spacial score (nSPS) is 17.2. The Hall–Kier alpha value is -2.60. The quantitative estimate of drug-likeness (QED) is 0.409. The summed E-state index contributed by atoms with van der Waals surface area (Å²) in [7, 11) is 0. The maximum atomic E-state index is 13.1. The number of rotatable bonds is 7. The van der Waals surface area contributed by atoms with Crippen molar-refractivity contribution in [1.29, 1.82) is 0 Å². The van der Waals surface area contributed by atoms with Gasteiger partial charge < -0.3 is 15.1 Å². The first kappa shape index (κ1) is 20.7. The fourth-order valence-corrected chi connectivity index (χ4v) is 4.61. The van der Waals surface area contributed by atoms with Gasteiger partial charge in [0.15, 0.2) is 17.5 Å². The Bertz CT molecular complexity index is 893. The molecule has 1 aliphatic carbocycles. The first-order chi connectivity index (χ1) is 14.5. The number of Topliss-reactive ketones (excluding diaryl/α,β-unsaturated/α-hetero) is 1. The molecular formula is C24H29FN2O3. The van der Waals surface area contributed by atoms with Crippen LogP contribution in [-0.4, -0.2) is 45.1 Å². The standard InChI is InChI=1S/C24H29FN2O3/c25-19-9-7-17(8-10-19)22(28)18-11-15-26(16-12-18)13-3-4-14-27-23(29)20-5-1-2-6-21(20)24(27)30/h1-2,7-10,18,29-30H,3-6,11-16H2. The molecule has 1 aliphatic heterocycles. The second kappa shape index (κ2) is 9.04. The molecule has 0 saturated carbocycles. The molecule has 0 radical (unpaired) electrons. The van der Waals surface area contributed by atoms with Crippen LogP contribution >= 0.6 is 0 Å². The van der Waals surface area contributed by atoms with Crippen LogP contribution in [-0.2, 0) is 19.4 Å². The lowest BCUT2D eigenvalue weighted by Crippen LogP contribution is -2.37. The van der Waals surface area contributed by atoms with Gasteiger partial charge in [-0.3, -0.25) is 9.36 Å². The molecule has 2 aliphatic rings. The van der Waals surface area contributed by atoms with Gasteiger partial charge >= 0.3 is 0 Å². The summed E-state index contributed by atoms with van der Waals surface area (Å²) in [6.45, 7) is 3.32. The fourth-order valence-electron chi connectivity index (χ4n) is 4.61. The third-order valence-electron chi connectivity index (χ3n) is 6.42. The van der Waals surface area contributed by atoms with Crippen molar-refractivity contribution in [3.8, 4) is 11.8 Å². The predicted octanol–water partition coefficient (Wildman–Crippen LogP) is 4.07. The van der Waals surface area contributed by atoms with Crippen molar-refractivity contribution in [2.75, 3.05) is 19.6 Å². The molecule has 0 bridgehead atoms.